The molecule has 9 heteroatoms. The molecule has 1 aromatic rings. The summed E-state index contributed by atoms with van der Waals surface area (Å²) in [5.41, 5.74) is -0.644. The van der Waals surface area contributed by atoms with Crippen LogP contribution in [0.4, 0.5) is 0 Å². The zero-order valence-corrected chi connectivity index (χ0v) is 10.9. The summed E-state index contributed by atoms with van der Waals surface area (Å²) in [6.07, 6.45) is 2.84. The van der Waals surface area contributed by atoms with Crippen LogP contribution in [0.5, 0.6) is 0 Å². The van der Waals surface area contributed by atoms with Crippen molar-refractivity contribution in [1.82, 2.24) is 9.55 Å². The predicted octanol–water partition coefficient (Wildman–Crippen LogP) is -0.473. The molecule has 2 atom stereocenters. The van der Waals surface area contributed by atoms with Gasteiger partial charge in [0.1, 0.15) is 6.35 Å². The number of rotatable bonds is 4. The molecule has 0 radical (unpaired) electrons. The molecule has 1 aliphatic heterocycles. The maximum atomic E-state index is 11.6. The highest BCUT2D eigenvalue weighted by Crippen LogP contribution is 2.26. The van der Waals surface area contributed by atoms with Crippen LogP contribution in [0.2, 0.25) is 0 Å². The molecule has 3 N–H and O–H groups in total. The van der Waals surface area contributed by atoms with Crippen molar-refractivity contribution in [2.45, 2.75) is 19.4 Å². The summed E-state index contributed by atoms with van der Waals surface area (Å²) in [5, 5.41) is 0. The second kappa shape index (κ2) is 5.77. The number of nitrogens with one attached hydrogen (secondary N) is 1. The van der Waals surface area contributed by atoms with E-state index in [0.29, 0.717) is 5.56 Å². The number of aromatic nitrogens is 2. The summed E-state index contributed by atoms with van der Waals surface area (Å²) >= 11 is 0. The van der Waals surface area contributed by atoms with Gasteiger partial charge in [0.05, 0.1) is 0 Å². The molecule has 2 unspecified atom stereocenters. The second-order valence-corrected chi connectivity index (χ2v) is 4.93. The van der Waals surface area contributed by atoms with Crippen LogP contribution in [0.15, 0.2) is 27.9 Å². The SMILES string of the molecule is Cc1cn(C2C=CC(OCP(O)O)O2)c(=O)[nH]c1=O. The Morgan fingerprint density at radius 3 is 2.89 bits per heavy atom. The number of aryl methyl sites for hydroxylation is 1. The fourth-order valence-electron chi connectivity index (χ4n) is 1.58. The van der Waals surface area contributed by atoms with Crippen molar-refractivity contribution in [1.29, 1.82) is 0 Å². The van der Waals surface area contributed by atoms with Crippen molar-refractivity contribution < 1.29 is 19.3 Å². The number of H-pyrrole nitrogens is 1. The van der Waals surface area contributed by atoms with Gasteiger partial charge in [0.2, 0.25) is 0 Å². The number of hydrogen-bond acceptors (Lipinski definition) is 6. The van der Waals surface area contributed by atoms with Crippen molar-refractivity contribution in [3.8, 4) is 0 Å². The van der Waals surface area contributed by atoms with Gasteiger partial charge in [-0.05, 0) is 19.1 Å². The van der Waals surface area contributed by atoms with Gasteiger partial charge in [-0.15, -0.1) is 0 Å². The Labute approximate surface area is 108 Å². The Morgan fingerprint density at radius 2 is 2.21 bits per heavy atom. The molecule has 0 saturated carbocycles. The summed E-state index contributed by atoms with van der Waals surface area (Å²) in [6.45, 7) is 1.58. The zero-order valence-electron chi connectivity index (χ0n) is 10.0. The van der Waals surface area contributed by atoms with Crippen LogP contribution in [0.3, 0.4) is 0 Å². The molecule has 8 nitrogen and oxygen atoms in total. The van der Waals surface area contributed by atoms with Crippen LogP contribution in [0, 0.1) is 6.92 Å². The van der Waals surface area contributed by atoms with Crippen molar-refractivity contribution in [3.05, 3.63) is 44.8 Å². The Bertz CT molecular complexity index is 592. The summed E-state index contributed by atoms with van der Waals surface area (Å²) in [7, 11) is -2.15. The molecule has 2 rings (SSSR count). The van der Waals surface area contributed by atoms with Crippen molar-refractivity contribution >= 4 is 8.38 Å². The number of aromatic amines is 1. The second-order valence-electron chi connectivity index (χ2n) is 3.93. The van der Waals surface area contributed by atoms with Crippen molar-refractivity contribution in [3.63, 3.8) is 0 Å². The highest BCUT2D eigenvalue weighted by atomic mass is 31.2. The molecule has 0 spiro atoms. The van der Waals surface area contributed by atoms with E-state index in [1.165, 1.54) is 10.8 Å². The molecule has 1 aromatic heterocycles. The van der Waals surface area contributed by atoms with E-state index in [1.54, 1.807) is 19.1 Å². The minimum atomic E-state index is -2.15. The van der Waals surface area contributed by atoms with Gasteiger partial charge in [-0.25, -0.2) is 4.79 Å². The largest absolute Gasteiger partial charge is 0.348 e. The van der Waals surface area contributed by atoms with Crippen LogP contribution in [0.1, 0.15) is 11.8 Å². The molecule has 0 bridgehead atoms. The zero-order chi connectivity index (χ0) is 14.0. The third-order valence-corrected chi connectivity index (χ3v) is 2.86. The maximum Gasteiger partial charge on any atom is 0.330 e. The van der Waals surface area contributed by atoms with E-state index in [4.69, 9.17) is 19.3 Å². The van der Waals surface area contributed by atoms with Crippen molar-refractivity contribution in [2.24, 2.45) is 0 Å². The van der Waals surface area contributed by atoms with Crippen LogP contribution >= 0.6 is 8.38 Å². The minimum absolute atomic E-state index is 0.239. The summed E-state index contributed by atoms with van der Waals surface area (Å²) in [6, 6.07) is 0. The smallest absolute Gasteiger partial charge is 0.330 e. The van der Waals surface area contributed by atoms with Crippen LogP contribution < -0.4 is 11.2 Å². The normalized spacial score (nSPS) is 22.3. The number of ether oxygens (including phenoxy) is 2. The first kappa shape index (κ1) is 14.1. The van der Waals surface area contributed by atoms with Crippen LogP contribution in [-0.2, 0) is 9.47 Å². The predicted molar refractivity (Wildman–Crippen MR) is 66.4 cm³/mol. The summed E-state index contributed by atoms with van der Waals surface area (Å²) < 4.78 is 11.6. The average Bonchev–Trinajstić information content (AvgIpc) is 2.80. The van der Waals surface area contributed by atoms with Gasteiger partial charge in [-0.1, -0.05) is 0 Å². The maximum absolute atomic E-state index is 11.6. The monoisotopic (exact) mass is 288 g/mol. The Hall–Kier alpha value is -1.31. The Balaban J connectivity index is 2.10. The van der Waals surface area contributed by atoms with E-state index < -0.39 is 32.1 Å². The first-order valence-electron chi connectivity index (χ1n) is 5.40. The lowest BCUT2D eigenvalue weighted by Crippen LogP contribution is -2.33. The van der Waals surface area contributed by atoms with Crippen LogP contribution in [-0.4, -0.2) is 32.0 Å². The topological polar surface area (TPSA) is 114 Å². The summed E-state index contributed by atoms with van der Waals surface area (Å²) in [4.78, 5) is 42.5. The molecule has 0 fully saturated rings. The molecule has 0 saturated heterocycles. The quantitative estimate of drug-likeness (QED) is 0.509. The lowest BCUT2D eigenvalue weighted by atomic mass is 10.4. The van der Waals surface area contributed by atoms with Crippen molar-refractivity contribution in [2.75, 3.05) is 6.35 Å². The van der Waals surface area contributed by atoms with Gasteiger partial charge >= 0.3 is 5.69 Å². The lowest BCUT2D eigenvalue weighted by Gasteiger charge is -2.16. The molecule has 1 aliphatic rings. The fourth-order valence-corrected chi connectivity index (χ4v) is 1.86. The molecular weight excluding hydrogens is 275 g/mol. The van der Waals surface area contributed by atoms with Crippen LogP contribution in [0.25, 0.3) is 0 Å². The van der Waals surface area contributed by atoms with E-state index in [0.717, 1.165) is 0 Å². The van der Waals surface area contributed by atoms with Gasteiger partial charge in [0.15, 0.2) is 20.9 Å². The highest BCUT2D eigenvalue weighted by molar-refractivity contribution is 7.44. The molecule has 0 aromatic carbocycles. The summed E-state index contributed by atoms with van der Waals surface area (Å²) in [5.74, 6) is 0. The lowest BCUT2D eigenvalue weighted by molar-refractivity contribution is -0.126. The van der Waals surface area contributed by atoms with E-state index in [2.05, 4.69) is 4.98 Å². The minimum Gasteiger partial charge on any atom is -0.348 e. The number of hydrogen-bond donors (Lipinski definition) is 3. The molecule has 19 heavy (non-hydrogen) atoms. The van der Waals surface area contributed by atoms with Gasteiger partial charge in [-0.2, -0.15) is 0 Å². The van der Waals surface area contributed by atoms with E-state index in [-0.39, 0.29) is 6.35 Å². The Kier molecular flexibility index (Phi) is 4.28. The highest BCUT2D eigenvalue weighted by Gasteiger charge is 2.23. The van der Waals surface area contributed by atoms with Gasteiger partial charge < -0.3 is 19.3 Å². The molecule has 0 amide bonds. The van der Waals surface area contributed by atoms with Gasteiger partial charge in [0.25, 0.3) is 5.56 Å². The van der Waals surface area contributed by atoms with Gasteiger partial charge in [-0.3, -0.25) is 14.3 Å². The molecule has 104 valence electrons. The van der Waals surface area contributed by atoms with E-state index in [9.17, 15) is 9.59 Å². The van der Waals surface area contributed by atoms with E-state index in [1.807, 2.05) is 0 Å². The number of nitrogens with zero attached hydrogens (tertiary/aromatic N) is 1. The molecular formula is C10H13N2O6P. The average molecular weight is 288 g/mol. The fraction of sp³-hybridized carbons (Fsp3) is 0.400. The standard InChI is InChI=1S/C10H13N2O6P/c1-6-4-12(10(14)11-9(6)13)7-2-3-8(18-7)17-5-19(15)16/h2-4,7-8,15-16H,5H2,1H3,(H,11,13,14). The first-order valence-corrected chi connectivity index (χ1v) is 6.83. The third kappa shape index (κ3) is 3.37. The Morgan fingerprint density at radius 1 is 1.47 bits per heavy atom. The first-order chi connectivity index (χ1) is 8.97. The molecule has 2 heterocycles. The molecule has 0 aliphatic carbocycles. The van der Waals surface area contributed by atoms with Gasteiger partial charge in [0, 0.05) is 11.8 Å². The van der Waals surface area contributed by atoms with E-state index >= 15 is 0 Å². The third-order valence-electron chi connectivity index (χ3n) is 2.48.